The molecule has 162 valence electrons. The number of amides is 1. The lowest BCUT2D eigenvalue weighted by Crippen LogP contribution is -2.51. The van der Waals surface area contributed by atoms with E-state index in [1.54, 1.807) is 6.20 Å². The molecule has 2 aliphatic rings. The Morgan fingerprint density at radius 3 is 2.43 bits per heavy atom. The number of nitrogens with two attached hydrogens (primary N) is 1. The third-order valence-electron chi connectivity index (χ3n) is 6.44. The lowest BCUT2D eigenvalue weighted by atomic mass is 9.94. The van der Waals surface area contributed by atoms with E-state index in [9.17, 15) is 4.79 Å². The third-order valence-corrected chi connectivity index (χ3v) is 6.44. The van der Waals surface area contributed by atoms with Crippen molar-refractivity contribution in [2.45, 2.75) is 39.8 Å². The predicted octanol–water partition coefficient (Wildman–Crippen LogP) is 1.83. The molecule has 8 heteroatoms. The summed E-state index contributed by atoms with van der Waals surface area (Å²) in [6.07, 6.45) is 3.61. The van der Waals surface area contributed by atoms with Crippen molar-refractivity contribution >= 4 is 11.7 Å². The van der Waals surface area contributed by atoms with Crippen LogP contribution in [0.1, 0.15) is 35.4 Å². The van der Waals surface area contributed by atoms with Gasteiger partial charge >= 0.3 is 0 Å². The number of aryl methyl sites for hydroxylation is 2. The molecule has 0 radical (unpaired) electrons. The number of hydrogen-bond acceptors (Lipinski definition) is 7. The second-order valence-electron chi connectivity index (χ2n) is 8.54. The number of pyridine rings is 1. The van der Waals surface area contributed by atoms with Crippen molar-refractivity contribution < 1.29 is 9.32 Å². The SMILES string of the molecule is Cc1noc(C)c1CN1CCN(C(=O)C2CCN(Cc3ccnc(N)c3)CC2)CC1. The van der Waals surface area contributed by atoms with Crippen molar-refractivity contribution in [3.8, 4) is 0 Å². The summed E-state index contributed by atoms with van der Waals surface area (Å²) in [7, 11) is 0. The van der Waals surface area contributed by atoms with E-state index in [1.165, 1.54) is 11.1 Å². The number of piperazine rings is 1. The number of nitrogens with zero attached hydrogens (tertiary/aromatic N) is 5. The van der Waals surface area contributed by atoms with Crippen LogP contribution >= 0.6 is 0 Å². The second kappa shape index (κ2) is 9.14. The van der Waals surface area contributed by atoms with E-state index >= 15 is 0 Å². The van der Waals surface area contributed by atoms with E-state index in [2.05, 4.69) is 24.8 Å². The summed E-state index contributed by atoms with van der Waals surface area (Å²) in [6.45, 7) is 11.0. The molecule has 0 unspecified atom stereocenters. The van der Waals surface area contributed by atoms with Crippen molar-refractivity contribution in [2.24, 2.45) is 5.92 Å². The van der Waals surface area contributed by atoms with Crippen LogP contribution in [0.25, 0.3) is 0 Å². The minimum absolute atomic E-state index is 0.151. The molecule has 2 N–H and O–H groups in total. The van der Waals surface area contributed by atoms with Crippen LogP contribution in [-0.4, -0.2) is 70.0 Å². The monoisotopic (exact) mass is 412 g/mol. The Labute approximate surface area is 178 Å². The van der Waals surface area contributed by atoms with Crippen LogP contribution in [0.3, 0.4) is 0 Å². The molecule has 1 amide bonds. The zero-order valence-corrected chi connectivity index (χ0v) is 18.0. The molecular formula is C22H32N6O2. The number of hydrogen-bond donors (Lipinski definition) is 1. The number of carbonyl (C=O) groups is 1. The van der Waals surface area contributed by atoms with Gasteiger partial charge in [0.2, 0.25) is 5.91 Å². The van der Waals surface area contributed by atoms with Crippen molar-refractivity contribution in [1.82, 2.24) is 24.8 Å². The van der Waals surface area contributed by atoms with Gasteiger partial charge < -0.3 is 15.2 Å². The first kappa shape index (κ1) is 20.8. The third kappa shape index (κ3) is 4.82. The van der Waals surface area contributed by atoms with Gasteiger partial charge in [0.05, 0.1) is 5.69 Å². The molecule has 4 rings (SSSR count). The Bertz CT molecular complexity index is 847. The summed E-state index contributed by atoms with van der Waals surface area (Å²) < 4.78 is 5.27. The van der Waals surface area contributed by atoms with E-state index in [4.69, 9.17) is 10.3 Å². The Balaban J connectivity index is 1.22. The molecule has 2 aromatic heterocycles. The molecule has 2 aliphatic heterocycles. The summed E-state index contributed by atoms with van der Waals surface area (Å²) in [4.78, 5) is 23.9. The van der Waals surface area contributed by atoms with E-state index in [0.717, 1.165) is 76.7 Å². The highest BCUT2D eigenvalue weighted by Gasteiger charge is 2.30. The second-order valence-corrected chi connectivity index (χ2v) is 8.54. The Hall–Kier alpha value is -2.45. The van der Waals surface area contributed by atoms with Gasteiger partial charge in [-0.15, -0.1) is 0 Å². The molecule has 0 atom stereocenters. The minimum atomic E-state index is 0.151. The maximum atomic E-state index is 13.0. The number of carbonyl (C=O) groups excluding carboxylic acids is 1. The molecule has 30 heavy (non-hydrogen) atoms. The summed E-state index contributed by atoms with van der Waals surface area (Å²) >= 11 is 0. The Morgan fingerprint density at radius 2 is 1.80 bits per heavy atom. The first-order valence-corrected chi connectivity index (χ1v) is 10.8. The molecule has 4 heterocycles. The van der Waals surface area contributed by atoms with Crippen molar-refractivity contribution in [2.75, 3.05) is 45.0 Å². The lowest BCUT2D eigenvalue weighted by Gasteiger charge is -2.38. The molecule has 0 bridgehead atoms. The molecule has 2 fully saturated rings. The highest BCUT2D eigenvalue weighted by atomic mass is 16.5. The van der Waals surface area contributed by atoms with Crippen molar-refractivity contribution in [1.29, 1.82) is 0 Å². The van der Waals surface area contributed by atoms with Gasteiger partial charge in [0.15, 0.2) is 0 Å². The summed E-state index contributed by atoms with van der Waals surface area (Å²) in [6, 6.07) is 3.94. The first-order chi connectivity index (χ1) is 14.5. The standard InChI is InChI=1S/C22H32N6O2/c1-16-20(17(2)30-25-16)15-27-9-11-28(12-10-27)22(29)19-4-7-26(8-5-19)14-18-3-6-24-21(23)13-18/h3,6,13,19H,4-5,7-12,14-15H2,1-2H3,(H2,23,24). The van der Waals surface area contributed by atoms with Crippen LogP contribution in [0, 0.1) is 19.8 Å². The molecule has 8 nitrogen and oxygen atoms in total. The summed E-state index contributed by atoms with van der Waals surface area (Å²) in [5, 5.41) is 4.04. The molecule has 0 saturated carbocycles. The number of rotatable bonds is 5. The number of piperidine rings is 1. The normalized spacial score (nSPS) is 19.3. The lowest BCUT2D eigenvalue weighted by molar-refractivity contribution is -0.139. The average molecular weight is 413 g/mol. The molecule has 0 aromatic carbocycles. The molecule has 2 saturated heterocycles. The number of nitrogen functional groups attached to an aromatic ring is 1. The van der Waals surface area contributed by atoms with Crippen LogP contribution in [0.4, 0.5) is 5.82 Å². The van der Waals surface area contributed by atoms with Crippen molar-refractivity contribution in [3.05, 3.63) is 40.9 Å². The molecule has 0 aliphatic carbocycles. The van der Waals surface area contributed by atoms with E-state index in [0.29, 0.717) is 11.7 Å². The zero-order chi connectivity index (χ0) is 21.1. The van der Waals surface area contributed by atoms with Gasteiger partial charge in [-0.25, -0.2) is 4.98 Å². The van der Waals surface area contributed by atoms with Gasteiger partial charge in [0, 0.05) is 56.9 Å². The van der Waals surface area contributed by atoms with Crippen LogP contribution in [-0.2, 0) is 17.9 Å². The maximum Gasteiger partial charge on any atom is 0.225 e. The minimum Gasteiger partial charge on any atom is -0.384 e. The highest BCUT2D eigenvalue weighted by molar-refractivity contribution is 5.79. The summed E-state index contributed by atoms with van der Waals surface area (Å²) in [5.74, 6) is 1.94. The quantitative estimate of drug-likeness (QED) is 0.801. The first-order valence-electron chi connectivity index (χ1n) is 10.8. The van der Waals surface area contributed by atoms with E-state index < -0.39 is 0 Å². The Morgan fingerprint density at radius 1 is 1.10 bits per heavy atom. The van der Waals surface area contributed by atoms with Gasteiger partial charge in [0.1, 0.15) is 11.6 Å². The maximum absolute atomic E-state index is 13.0. The molecular weight excluding hydrogens is 380 g/mol. The van der Waals surface area contributed by atoms with Crippen LogP contribution < -0.4 is 5.73 Å². The van der Waals surface area contributed by atoms with Gasteiger partial charge in [-0.05, 0) is 57.5 Å². The topological polar surface area (TPSA) is 91.7 Å². The number of aromatic nitrogens is 2. The van der Waals surface area contributed by atoms with Crippen LogP contribution in [0.2, 0.25) is 0 Å². The number of anilines is 1. The van der Waals surface area contributed by atoms with Gasteiger partial charge in [0.25, 0.3) is 0 Å². The van der Waals surface area contributed by atoms with E-state index in [1.807, 2.05) is 26.0 Å². The fourth-order valence-corrected chi connectivity index (χ4v) is 4.52. The van der Waals surface area contributed by atoms with Crippen LogP contribution in [0.15, 0.2) is 22.9 Å². The molecule has 0 spiro atoms. The summed E-state index contributed by atoms with van der Waals surface area (Å²) in [5.41, 5.74) is 9.11. The van der Waals surface area contributed by atoms with E-state index in [-0.39, 0.29) is 5.92 Å². The largest absolute Gasteiger partial charge is 0.384 e. The zero-order valence-electron chi connectivity index (χ0n) is 18.0. The average Bonchev–Trinajstić information content (AvgIpc) is 3.06. The molecule has 2 aromatic rings. The van der Waals surface area contributed by atoms with Gasteiger partial charge in [-0.1, -0.05) is 5.16 Å². The van der Waals surface area contributed by atoms with Gasteiger partial charge in [-0.2, -0.15) is 0 Å². The van der Waals surface area contributed by atoms with Crippen molar-refractivity contribution in [3.63, 3.8) is 0 Å². The smallest absolute Gasteiger partial charge is 0.225 e. The highest BCUT2D eigenvalue weighted by Crippen LogP contribution is 2.23. The Kier molecular flexibility index (Phi) is 6.34. The fourth-order valence-electron chi connectivity index (χ4n) is 4.52. The number of likely N-dealkylation sites (tertiary alicyclic amines) is 1. The predicted molar refractivity (Wildman–Crippen MR) is 114 cm³/mol. The fraction of sp³-hybridized carbons (Fsp3) is 0.591. The van der Waals surface area contributed by atoms with Crippen LogP contribution in [0.5, 0.6) is 0 Å². The van der Waals surface area contributed by atoms with Gasteiger partial charge in [-0.3, -0.25) is 14.6 Å².